The number of hydrogen-bond donors (Lipinski definition) is 1. The van der Waals surface area contributed by atoms with E-state index in [1.165, 1.54) is 11.3 Å². The number of hydrogen-bond acceptors (Lipinski definition) is 3. The van der Waals surface area contributed by atoms with Crippen LogP contribution < -0.4 is 5.73 Å². The largest absolute Gasteiger partial charge is 0.369 e. The van der Waals surface area contributed by atoms with Gasteiger partial charge >= 0.3 is 0 Å². The monoisotopic (exact) mass is 376 g/mol. The average molecular weight is 377 g/mol. The fraction of sp³-hybridized carbons (Fsp3) is 0.650. The third kappa shape index (κ3) is 3.22. The molecule has 1 aliphatic carbocycles. The Morgan fingerprint density at radius 1 is 1.31 bits per heavy atom. The molecule has 1 saturated carbocycles. The summed E-state index contributed by atoms with van der Waals surface area (Å²) in [6, 6.07) is -0.164. The lowest BCUT2D eigenvalue weighted by Gasteiger charge is -2.43. The first-order valence-corrected chi connectivity index (χ1v) is 9.85. The molecule has 0 saturated heterocycles. The number of rotatable bonds is 4. The van der Waals surface area contributed by atoms with Gasteiger partial charge in [-0.25, -0.2) is 0 Å². The summed E-state index contributed by atoms with van der Waals surface area (Å²) in [5.41, 5.74) is 8.73. The number of carbonyl (C=O) groups excluding carboxylic acids is 1. The van der Waals surface area contributed by atoms with E-state index in [1.54, 1.807) is 6.21 Å². The maximum absolute atomic E-state index is 12.4. The molecule has 3 rings (SSSR count). The first-order valence-electron chi connectivity index (χ1n) is 9.47. The van der Waals surface area contributed by atoms with E-state index in [0.29, 0.717) is 11.0 Å². The predicted molar refractivity (Wildman–Crippen MR) is 105 cm³/mol. The first-order chi connectivity index (χ1) is 12.3. The van der Waals surface area contributed by atoms with E-state index in [-0.39, 0.29) is 17.9 Å². The first kappa shape index (κ1) is 19.2. The highest BCUT2D eigenvalue weighted by Crippen LogP contribution is 2.47. The fourth-order valence-corrected chi connectivity index (χ4v) is 4.90. The second-order valence-electron chi connectivity index (χ2n) is 7.98. The number of dihydropyridines is 1. The Bertz CT molecular complexity index is 758. The molecule has 6 heteroatoms. The van der Waals surface area contributed by atoms with Crippen molar-refractivity contribution in [3.63, 3.8) is 0 Å². The van der Waals surface area contributed by atoms with Crippen LogP contribution in [0.3, 0.4) is 0 Å². The highest BCUT2D eigenvalue weighted by atomic mass is 35.5. The van der Waals surface area contributed by atoms with Crippen molar-refractivity contribution in [2.45, 2.75) is 66.0 Å². The van der Waals surface area contributed by atoms with Crippen LogP contribution in [0.15, 0.2) is 16.1 Å². The minimum absolute atomic E-state index is 0.164. The van der Waals surface area contributed by atoms with Crippen LogP contribution in [0.2, 0.25) is 0 Å². The second kappa shape index (κ2) is 7.18. The molecule has 1 aromatic rings. The molecular formula is C20H29ClN4O. The van der Waals surface area contributed by atoms with Gasteiger partial charge in [-0.3, -0.25) is 14.5 Å². The number of aryl methyl sites for hydroxylation is 1. The molecule has 1 aliphatic heterocycles. The summed E-state index contributed by atoms with van der Waals surface area (Å²) in [5.74, 6) is 0.465. The Kier molecular flexibility index (Phi) is 5.29. The van der Waals surface area contributed by atoms with Gasteiger partial charge in [-0.1, -0.05) is 11.6 Å². The molecule has 0 aromatic carbocycles. The van der Waals surface area contributed by atoms with Gasteiger partial charge in [0.2, 0.25) is 5.91 Å². The predicted octanol–water partition coefficient (Wildman–Crippen LogP) is 3.68. The summed E-state index contributed by atoms with van der Waals surface area (Å²) < 4.78 is 2.14. The zero-order chi connectivity index (χ0) is 19.1. The highest BCUT2D eigenvalue weighted by molar-refractivity contribution is 6.39. The minimum Gasteiger partial charge on any atom is -0.369 e. The van der Waals surface area contributed by atoms with E-state index in [1.807, 2.05) is 13.0 Å². The molecule has 26 heavy (non-hydrogen) atoms. The Morgan fingerprint density at radius 2 is 1.96 bits per heavy atom. The van der Waals surface area contributed by atoms with Gasteiger partial charge in [-0.05, 0) is 76.9 Å². The van der Waals surface area contributed by atoms with E-state index >= 15 is 0 Å². The lowest BCUT2D eigenvalue weighted by molar-refractivity contribution is -0.129. The van der Waals surface area contributed by atoms with Crippen LogP contribution in [0.25, 0.3) is 0 Å². The van der Waals surface area contributed by atoms with Gasteiger partial charge < -0.3 is 5.73 Å². The van der Waals surface area contributed by atoms with Crippen molar-refractivity contribution >= 4 is 23.7 Å². The molecule has 2 heterocycles. The number of carbonyl (C=O) groups is 1. The summed E-state index contributed by atoms with van der Waals surface area (Å²) in [5, 5.41) is 5.19. The maximum atomic E-state index is 12.4. The van der Waals surface area contributed by atoms with Crippen molar-refractivity contribution in [1.82, 2.24) is 9.78 Å². The maximum Gasteiger partial charge on any atom is 0.229 e. The van der Waals surface area contributed by atoms with Gasteiger partial charge in [-0.15, -0.1) is 0 Å². The SMILES string of the molecule is Cc1nn(CC2CCC(C3(C(N)=O)C=C(Cl)C=NC3C)CC2)c(C)c1C. The van der Waals surface area contributed by atoms with E-state index in [9.17, 15) is 4.79 Å². The van der Waals surface area contributed by atoms with Crippen LogP contribution in [0, 0.1) is 38.0 Å². The molecule has 2 unspecified atom stereocenters. The molecule has 5 nitrogen and oxygen atoms in total. The summed E-state index contributed by atoms with van der Waals surface area (Å²) in [6.45, 7) is 9.24. The third-order valence-corrected chi connectivity index (χ3v) is 6.82. The number of aliphatic imine (C=N–C) groups is 1. The number of amides is 1. The van der Waals surface area contributed by atoms with Gasteiger partial charge in [-0.2, -0.15) is 5.10 Å². The third-order valence-electron chi connectivity index (χ3n) is 6.61. The van der Waals surface area contributed by atoms with Crippen molar-refractivity contribution in [2.75, 3.05) is 0 Å². The van der Waals surface area contributed by atoms with Gasteiger partial charge in [0.25, 0.3) is 0 Å². The van der Waals surface area contributed by atoms with Crippen molar-refractivity contribution in [3.8, 4) is 0 Å². The summed E-state index contributed by atoms with van der Waals surface area (Å²) in [7, 11) is 0. The van der Waals surface area contributed by atoms with E-state index in [4.69, 9.17) is 17.3 Å². The molecule has 1 aromatic heterocycles. The van der Waals surface area contributed by atoms with E-state index in [0.717, 1.165) is 37.9 Å². The van der Waals surface area contributed by atoms with Crippen molar-refractivity contribution in [3.05, 3.63) is 28.1 Å². The number of allylic oxidation sites excluding steroid dienone is 1. The second-order valence-corrected chi connectivity index (χ2v) is 8.41. The summed E-state index contributed by atoms with van der Waals surface area (Å²) in [6.07, 6.45) is 7.55. The normalized spacial score (nSPS) is 31.7. The van der Waals surface area contributed by atoms with Gasteiger partial charge in [0.1, 0.15) is 0 Å². The lowest BCUT2D eigenvalue weighted by Crippen LogP contribution is -2.51. The number of aromatic nitrogens is 2. The zero-order valence-corrected chi connectivity index (χ0v) is 16.9. The van der Waals surface area contributed by atoms with Gasteiger partial charge in [0.05, 0.1) is 22.2 Å². The highest BCUT2D eigenvalue weighted by Gasteiger charge is 2.49. The smallest absolute Gasteiger partial charge is 0.229 e. The molecule has 2 atom stereocenters. The number of nitrogens with zero attached hydrogens (tertiary/aromatic N) is 3. The molecule has 1 amide bonds. The molecular weight excluding hydrogens is 348 g/mol. The van der Waals surface area contributed by atoms with Gasteiger partial charge in [0.15, 0.2) is 0 Å². The fourth-order valence-electron chi connectivity index (χ4n) is 4.66. The topological polar surface area (TPSA) is 73.3 Å². The van der Waals surface area contributed by atoms with Crippen molar-refractivity contribution in [2.24, 2.45) is 28.0 Å². The van der Waals surface area contributed by atoms with Crippen LogP contribution in [0.1, 0.15) is 49.6 Å². The van der Waals surface area contributed by atoms with Crippen LogP contribution in [0.5, 0.6) is 0 Å². The van der Waals surface area contributed by atoms with Crippen molar-refractivity contribution < 1.29 is 4.79 Å². The minimum atomic E-state index is -0.758. The quantitative estimate of drug-likeness (QED) is 0.870. The number of nitrogens with two attached hydrogens (primary N) is 1. The van der Waals surface area contributed by atoms with Crippen LogP contribution in [-0.2, 0) is 11.3 Å². The lowest BCUT2D eigenvalue weighted by atomic mass is 9.62. The summed E-state index contributed by atoms with van der Waals surface area (Å²) in [4.78, 5) is 16.9. The molecule has 142 valence electrons. The molecule has 0 bridgehead atoms. The van der Waals surface area contributed by atoms with Crippen LogP contribution in [-0.4, -0.2) is 27.9 Å². The molecule has 1 fully saturated rings. The standard InChI is InChI=1S/C20H29ClN4O/c1-12-13(2)24-25(14(12)3)11-16-5-7-17(8-6-16)20(19(22)26)9-18(21)10-23-15(20)4/h9-10,15-17H,5-8,11H2,1-4H3,(H2,22,26). The average Bonchev–Trinajstić information content (AvgIpc) is 2.84. The Hall–Kier alpha value is -1.62. The Morgan fingerprint density at radius 3 is 2.50 bits per heavy atom. The molecule has 0 spiro atoms. The molecule has 2 N–H and O–H groups in total. The van der Waals surface area contributed by atoms with Gasteiger partial charge in [0, 0.05) is 18.5 Å². The van der Waals surface area contributed by atoms with Crippen molar-refractivity contribution in [1.29, 1.82) is 0 Å². The number of primary amides is 1. The summed E-state index contributed by atoms with van der Waals surface area (Å²) >= 11 is 6.19. The van der Waals surface area contributed by atoms with E-state index in [2.05, 4.69) is 35.5 Å². The molecule has 0 radical (unpaired) electrons. The number of halogens is 1. The Labute approximate surface area is 160 Å². The Balaban J connectivity index is 1.72. The van der Waals surface area contributed by atoms with E-state index < -0.39 is 5.41 Å². The van der Waals surface area contributed by atoms with Crippen LogP contribution >= 0.6 is 11.6 Å². The molecule has 2 aliphatic rings. The zero-order valence-electron chi connectivity index (χ0n) is 16.1. The van der Waals surface area contributed by atoms with Crippen LogP contribution in [0.4, 0.5) is 0 Å².